The number of rotatable bonds is 5. The van der Waals surface area contributed by atoms with Crippen molar-refractivity contribution in [2.75, 3.05) is 33.9 Å². The van der Waals surface area contributed by atoms with Gasteiger partial charge in [-0.15, -0.1) is 0 Å². The van der Waals surface area contributed by atoms with Crippen LogP contribution in [0.2, 0.25) is 0 Å². The molecule has 2 amide bonds. The van der Waals surface area contributed by atoms with Crippen LogP contribution in [0, 0.1) is 0 Å². The lowest BCUT2D eigenvalue weighted by atomic mass is 10.1. The highest BCUT2D eigenvalue weighted by molar-refractivity contribution is 5.98. The van der Waals surface area contributed by atoms with E-state index in [0.29, 0.717) is 55.6 Å². The lowest BCUT2D eigenvalue weighted by molar-refractivity contribution is -0.0587. The largest absolute Gasteiger partial charge is 0.497 e. The lowest BCUT2D eigenvalue weighted by Crippen LogP contribution is -2.48. The average Bonchev–Trinajstić information content (AvgIpc) is 3.19. The highest BCUT2D eigenvalue weighted by atomic mass is 16.5. The fourth-order valence-corrected chi connectivity index (χ4v) is 4.18. The van der Waals surface area contributed by atoms with Crippen molar-refractivity contribution in [3.05, 3.63) is 41.2 Å². The highest BCUT2D eigenvalue weighted by Gasteiger charge is 2.32. The van der Waals surface area contributed by atoms with Crippen LogP contribution in [0.3, 0.4) is 0 Å². The number of nitrogens with zero attached hydrogens (tertiary/aromatic N) is 4. The van der Waals surface area contributed by atoms with Gasteiger partial charge in [-0.05, 0) is 31.5 Å². The predicted octanol–water partition coefficient (Wildman–Crippen LogP) is 1.81. The number of amides is 2. The van der Waals surface area contributed by atoms with Crippen LogP contribution >= 0.6 is 0 Å². The maximum absolute atomic E-state index is 13.1. The number of carbonyl (C=O) groups is 2. The van der Waals surface area contributed by atoms with Crippen molar-refractivity contribution >= 4 is 11.8 Å². The van der Waals surface area contributed by atoms with E-state index >= 15 is 0 Å². The Balaban J connectivity index is 1.51. The highest BCUT2D eigenvalue weighted by Crippen LogP contribution is 2.25. The van der Waals surface area contributed by atoms with Crippen molar-refractivity contribution in [2.24, 2.45) is 0 Å². The molecule has 1 aromatic heterocycles. The molecule has 4 rings (SSSR count). The third-order valence-electron chi connectivity index (χ3n) is 5.58. The fourth-order valence-electron chi connectivity index (χ4n) is 4.18. The Morgan fingerprint density at radius 3 is 2.32 bits per heavy atom. The van der Waals surface area contributed by atoms with Gasteiger partial charge in [0.2, 0.25) is 0 Å². The molecule has 0 bridgehead atoms. The van der Waals surface area contributed by atoms with Crippen LogP contribution in [0.15, 0.2) is 24.3 Å². The number of hydrogen-bond donors (Lipinski definition) is 0. The molecule has 0 N–H and O–H groups in total. The number of methoxy groups -OCH3 is 2. The molecule has 2 aliphatic rings. The maximum Gasteiger partial charge on any atom is 0.274 e. The Hall–Kier alpha value is -3.07. The summed E-state index contributed by atoms with van der Waals surface area (Å²) in [7, 11) is 3.19. The minimum absolute atomic E-state index is 0.0260. The lowest BCUT2D eigenvalue weighted by Gasteiger charge is -2.34. The monoisotopic (exact) mass is 428 g/mol. The molecule has 9 heteroatoms. The minimum atomic E-state index is -0.166. The number of morpholine rings is 1. The van der Waals surface area contributed by atoms with Gasteiger partial charge >= 0.3 is 0 Å². The van der Waals surface area contributed by atoms with Crippen molar-refractivity contribution < 1.29 is 23.8 Å². The zero-order valence-electron chi connectivity index (χ0n) is 18.3. The zero-order chi connectivity index (χ0) is 22.1. The minimum Gasteiger partial charge on any atom is -0.497 e. The molecule has 9 nitrogen and oxygen atoms in total. The van der Waals surface area contributed by atoms with Gasteiger partial charge in [0.15, 0.2) is 5.69 Å². The molecule has 2 aromatic rings. The molecule has 1 saturated heterocycles. The first-order valence-electron chi connectivity index (χ1n) is 10.4. The molecule has 3 heterocycles. The summed E-state index contributed by atoms with van der Waals surface area (Å²) in [5.41, 5.74) is 1.64. The summed E-state index contributed by atoms with van der Waals surface area (Å²) in [5, 5.41) is 4.42. The molecule has 1 fully saturated rings. The first-order valence-corrected chi connectivity index (χ1v) is 10.4. The van der Waals surface area contributed by atoms with Gasteiger partial charge in [0, 0.05) is 38.3 Å². The van der Waals surface area contributed by atoms with E-state index in [1.165, 1.54) is 0 Å². The average molecular weight is 428 g/mol. The second-order valence-electron chi connectivity index (χ2n) is 8.05. The first-order chi connectivity index (χ1) is 14.9. The Labute approximate surface area is 181 Å². The topological polar surface area (TPSA) is 86.1 Å². The fraction of sp³-hybridized carbons (Fsp3) is 0.500. The number of aromatic nitrogens is 2. The molecule has 1 aromatic carbocycles. The van der Waals surface area contributed by atoms with E-state index in [9.17, 15) is 9.59 Å². The standard InChI is InChI=1S/C22H28N4O5/c1-14-11-25(12-15(2)31-14)21(27)19-10-20-22(28)24(5-6-26(20)23-19)13-16-7-17(29-3)9-18(8-16)30-4/h7-10,14-15H,5-6,11-13H2,1-4H3. The summed E-state index contributed by atoms with van der Waals surface area (Å²) in [5.74, 6) is 1.03. The molecule has 0 aliphatic carbocycles. The van der Waals surface area contributed by atoms with Gasteiger partial charge in [-0.2, -0.15) is 5.10 Å². The van der Waals surface area contributed by atoms with Crippen LogP contribution in [0.4, 0.5) is 0 Å². The van der Waals surface area contributed by atoms with E-state index in [1.54, 1.807) is 40.8 Å². The second kappa shape index (κ2) is 8.58. The van der Waals surface area contributed by atoms with Crippen molar-refractivity contribution in [2.45, 2.75) is 39.1 Å². The van der Waals surface area contributed by atoms with E-state index in [0.717, 1.165) is 5.56 Å². The third kappa shape index (κ3) is 4.36. The Morgan fingerprint density at radius 2 is 1.71 bits per heavy atom. The van der Waals surface area contributed by atoms with Gasteiger partial charge in [-0.1, -0.05) is 0 Å². The molecule has 0 radical (unpaired) electrons. The number of ether oxygens (including phenoxy) is 3. The quantitative estimate of drug-likeness (QED) is 0.722. The second-order valence-corrected chi connectivity index (χ2v) is 8.05. The molecular weight excluding hydrogens is 400 g/mol. The van der Waals surface area contributed by atoms with Gasteiger partial charge in [0.05, 0.1) is 33.0 Å². The van der Waals surface area contributed by atoms with Crippen LogP contribution < -0.4 is 9.47 Å². The summed E-state index contributed by atoms with van der Waals surface area (Å²) < 4.78 is 18.0. The Bertz CT molecular complexity index is 956. The summed E-state index contributed by atoms with van der Waals surface area (Å²) in [4.78, 5) is 29.6. The van der Waals surface area contributed by atoms with Crippen molar-refractivity contribution in [1.82, 2.24) is 19.6 Å². The summed E-state index contributed by atoms with van der Waals surface area (Å²) in [6.45, 7) is 6.38. The van der Waals surface area contributed by atoms with Crippen LogP contribution in [-0.4, -0.2) is 77.5 Å². The van der Waals surface area contributed by atoms with Crippen molar-refractivity contribution in [3.8, 4) is 11.5 Å². The number of hydrogen-bond acceptors (Lipinski definition) is 6. The van der Waals surface area contributed by atoms with Gasteiger partial charge in [0.1, 0.15) is 17.2 Å². The molecule has 2 unspecified atom stereocenters. The van der Waals surface area contributed by atoms with E-state index < -0.39 is 0 Å². The van der Waals surface area contributed by atoms with Crippen LogP contribution in [0.25, 0.3) is 0 Å². The van der Waals surface area contributed by atoms with Crippen LogP contribution in [0.1, 0.15) is 40.4 Å². The Morgan fingerprint density at radius 1 is 1.06 bits per heavy atom. The van der Waals surface area contributed by atoms with Gasteiger partial charge in [-0.3, -0.25) is 14.3 Å². The van der Waals surface area contributed by atoms with Crippen LogP contribution in [0.5, 0.6) is 11.5 Å². The molecule has 0 saturated carbocycles. The van der Waals surface area contributed by atoms with E-state index in [4.69, 9.17) is 14.2 Å². The van der Waals surface area contributed by atoms with E-state index in [2.05, 4.69) is 5.10 Å². The van der Waals surface area contributed by atoms with Crippen LogP contribution in [-0.2, 0) is 17.8 Å². The summed E-state index contributed by atoms with van der Waals surface area (Å²) in [6, 6.07) is 7.17. The predicted molar refractivity (Wildman–Crippen MR) is 112 cm³/mol. The Kier molecular flexibility index (Phi) is 5.86. The van der Waals surface area contributed by atoms with Gasteiger partial charge in [0.25, 0.3) is 11.8 Å². The summed E-state index contributed by atoms with van der Waals surface area (Å²) >= 11 is 0. The molecule has 2 atom stereocenters. The third-order valence-corrected chi connectivity index (χ3v) is 5.58. The summed E-state index contributed by atoms with van der Waals surface area (Å²) in [6.07, 6.45) is -0.0520. The number of fused-ring (bicyclic) bond motifs is 1. The zero-order valence-corrected chi connectivity index (χ0v) is 18.3. The first kappa shape index (κ1) is 21.2. The molecule has 31 heavy (non-hydrogen) atoms. The van der Waals surface area contributed by atoms with E-state index in [-0.39, 0.29) is 24.0 Å². The van der Waals surface area contributed by atoms with Gasteiger partial charge < -0.3 is 24.0 Å². The smallest absolute Gasteiger partial charge is 0.274 e. The van der Waals surface area contributed by atoms with E-state index in [1.807, 2.05) is 26.0 Å². The molecule has 0 spiro atoms. The normalized spacial score (nSPS) is 21.1. The SMILES string of the molecule is COc1cc(CN2CCn3nc(C(=O)N4CC(C)OC(C)C4)cc3C2=O)cc(OC)c1. The van der Waals surface area contributed by atoms with Crippen molar-refractivity contribution in [3.63, 3.8) is 0 Å². The van der Waals surface area contributed by atoms with Gasteiger partial charge in [-0.25, -0.2) is 0 Å². The molecule has 2 aliphatic heterocycles. The maximum atomic E-state index is 13.1. The van der Waals surface area contributed by atoms with Crippen molar-refractivity contribution in [1.29, 1.82) is 0 Å². The molecular formula is C22H28N4O5. The number of benzene rings is 1. The molecule has 166 valence electrons. The number of carbonyl (C=O) groups excluding carboxylic acids is 2.